The van der Waals surface area contributed by atoms with Gasteiger partial charge in [-0.2, -0.15) is 13.2 Å². The lowest BCUT2D eigenvalue weighted by Gasteiger charge is -2.25. The summed E-state index contributed by atoms with van der Waals surface area (Å²) in [5, 5.41) is 4.60. The first-order chi connectivity index (χ1) is 20.5. The molecule has 5 rings (SSSR count). The molecule has 0 radical (unpaired) electrons. The zero-order valence-corrected chi connectivity index (χ0v) is 23.4. The maximum absolute atomic E-state index is 14.0. The number of aryl methyl sites for hydroxylation is 1. The van der Waals surface area contributed by atoms with Crippen LogP contribution in [0.2, 0.25) is 5.02 Å². The summed E-state index contributed by atoms with van der Waals surface area (Å²) < 4.78 is 39.8. The van der Waals surface area contributed by atoms with E-state index in [2.05, 4.69) is 15.6 Å². The molecule has 4 aromatic carbocycles. The Morgan fingerprint density at radius 3 is 2.33 bits per heavy atom. The maximum Gasteiger partial charge on any atom is 0.416 e. The Balaban J connectivity index is 1.53. The number of hydrogen-bond donors (Lipinski definition) is 2. The van der Waals surface area contributed by atoms with Crippen molar-refractivity contribution >= 4 is 46.4 Å². The highest BCUT2D eigenvalue weighted by Crippen LogP contribution is 2.34. The number of alkyl halides is 3. The van der Waals surface area contributed by atoms with Gasteiger partial charge in [0, 0.05) is 16.7 Å². The maximum atomic E-state index is 14.0. The number of benzodiazepines with no additional fused rings is 1. The Kier molecular flexibility index (Phi) is 8.31. The molecular formula is C32H24ClF3N4O3. The van der Waals surface area contributed by atoms with Gasteiger partial charge in [0.05, 0.1) is 34.2 Å². The Bertz CT molecular complexity index is 1740. The number of carbonyl (C=O) groups is 3. The molecule has 0 fully saturated rings. The van der Waals surface area contributed by atoms with E-state index >= 15 is 0 Å². The number of fused-ring (bicyclic) bond motifs is 1. The molecule has 0 saturated heterocycles. The minimum atomic E-state index is -4.67. The number of aliphatic imine (C=N–C) groups is 1. The van der Waals surface area contributed by atoms with Crippen LogP contribution in [0.15, 0.2) is 102 Å². The lowest BCUT2D eigenvalue weighted by molar-refractivity contribution is -0.137. The zero-order valence-electron chi connectivity index (χ0n) is 22.7. The van der Waals surface area contributed by atoms with Crippen LogP contribution >= 0.6 is 11.6 Å². The minimum Gasteiger partial charge on any atom is -0.308 e. The molecule has 7 nitrogen and oxygen atoms in total. The number of anilines is 2. The standard InChI is InChI=1S/C32H24ClF3N4O3/c1-19-9-5-6-12-22(19)27(41)18-40-26-14-8-7-13-23(26)28(20-10-3-2-4-11-20)38-29(30(40)42)39-31(43)37-25-17-21(32(34,35)36)15-16-24(25)33/h2-17,29H,18H2,1H3,(H2,37,39,43)/t29-/m0/s1. The second kappa shape index (κ2) is 12.1. The third-order valence-electron chi connectivity index (χ3n) is 6.81. The summed E-state index contributed by atoms with van der Waals surface area (Å²) in [5.74, 6) is -1.05. The second-order valence-electron chi connectivity index (χ2n) is 9.72. The molecular weight excluding hydrogens is 581 g/mol. The van der Waals surface area contributed by atoms with Crippen molar-refractivity contribution in [1.29, 1.82) is 0 Å². The van der Waals surface area contributed by atoms with Crippen LogP contribution in [-0.2, 0) is 11.0 Å². The topological polar surface area (TPSA) is 90.9 Å². The monoisotopic (exact) mass is 604 g/mol. The molecule has 2 N–H and O–H groups in total. The number of amides is 3. The first-order valence-electron chi connectivity index (χ1n) is 13.1. The Labute approximate surface area is 250 Å². The third-order valence-corrected chi connectivity index (χ3v) is 7.14. The number of nitrogens with zero attached hydrogens (tertiary/aromatic N) is 2. The SMILES string of the molecule is Cc1ccccc1C(=O)CN1C(=O)[C@H](NC(=O)Nc2cc(C(F)(F)F)ccc2Cl)N=C(c2ccccc2)c2ccccc21. The zero-order chi connectivity index (χ0) is 30.7. The minimum absolute atomic E-state index is 0.137. The number of Topliss-reactive ketones (excluding diaryl/α,β-unsaturated/α-hetero) is 1. The van der Waals surface area contributed by atoms with Gasteiger partial charge >= 0.3 is 12.2 Å². The molecule has 3 amide bonds. The fourth-order valence-corrected chi connectivity index (χ4v) is 4.87. The van der Waals surface area contributed by atoms with Crippen molar-refractivity contribution in [2.75, 3.05) is 16.8 Å². The van der Waals surface area contributed by atoms with Crippen molar-refractivity contribution in [1.82, 2.24) is 5.32 Å². The van der Waals surface area contributed by atoms with Crippen molar-refractivity contribution in [3.8, 4) is 0 Å². The van der Waals surface area contributed by atoms with Crippen LogP contribution in [0.25, 0.3) is 0 Å². The molecule has 43 heavy (non-hydrogen) atoms. The van der Waals surface area contributed by atoms with E-state index in [1.54, 1.807) is 79.7 Å². The quantitative estimate of drug-likeness (QED) is 0.235. The summed E-state index contributed by atoms with van der Waals surface area (Å²) in [5.41, 5.74) is 1.81. The van der Waals surface area contributed by atoms with Crippen LogP contribution in [-0.4, -0.2) is 36.1 Å². The van der Waals surface area contributed by atoms with Crippen LogP contribution in [0, 0.1) is 6.92 Å². The van der Waals surface area contributed by atoms with Crippen LogP contribution in [0.4, 0.5) is 29.3 Å². The van der Waals surface area contributed by atoms with Crippen LogP contribution < -0.4 is 15.5 Å². The van der Waals surface area contributed by atoms with Gasteiger partial charge in [0.25, 0.3) is 5.91 Å². The predicted octanol–water partition coefficient (Wildman–Crippen LogP) is 6.88. The normalized spacial score (nSPS) is 14.8. The van der Waals surface area contributed by atoms with Gasteiger partial charge in [-0.3, -0.25) is 9.59 Å². The summed E-state index contributed by atoms with van der Waals surface area (Å²) in [6, 6.07) is 24.3. The lowest BCUT2D eigenvalue weighted by atomic mass is 9.99. The smallest absolute Gasteiger partial charge is 0.308 e. The molecule has 11 heteroatoms. The van der Waals surface area contributed by atoms with Gasteiger partial charge in [-0.1, -0.05) is 84.4 Å². The molecule has 0 saturated carbocycles. The van der Waals surface area contributed by atoms with Gasteiger partial charge in [0.2, 0.25) is 6.17 Å². The fourth-order valence-electron chi connectivity index (χ4n) is 4.71. The molecule has 0 aromatic heterocycles. The van der Waals surface area contributed by atoms with Crippen LogP contribution in [0.1, 0.15) is 32.6 Å². The fraction of sp³-hybridized carbons (Fsp3) is 0.125. The molecule has 0 aliphatic carbocycles. The van der Waals surface area contributed by atoms with Gasteiger partial charge in [0.1, 0.15) is 0 Å². The van der Waals surface area contributed by atoms with Crippen LogP contribution in [0.5, 0.6) is 0 Å². The van der Waals surface area contributed by atoms with E-state index in [0.717, 1.165) is 17.7 Å². The molecule has 1 aliphatic rings. The molecule has 218 valence electrons. The number of para-hydroxylation sites is 1. The highest BCUT2D eigenvalue weighted by molar-refractivity contribution is 6.33. The van der Waals surface area contributed by atoms with E-state index in [0.29, 0.717) is 34.2 Å². The van der Waals surface area contributed by atoms with E-state index in [4.69, 9.17) is 11.6 Å². The van der Waals surface area contributed by atoms with Gasteiger partial charge < -0.3 is 15.5 Å². The number of benzene rings is 4. The number of hydrogen-bond acceptors (Lipinski definition) is 4. The Morgan fingerprint density at radius 2 is 1.60 bits per heavy atom. The number of rotatable bonds is 6. The molecule has 4 aromatic rings. The van der Waals surface area contributed by atoms with E-state index in [1.807, 2.05) is 6.07 Å². The molecule has 1 aliphatic heterocycles. The van der Waals surface area contributed by atoms with Crippen molar-refractivity contribution in [3.63, 3.8) is 0 Å². The largest absolute Gasteiger partial charge is 0.416 e. The summed E-state index contributed by atoms with van der Waals surface area (Å²) in [6.45, 7) is 1.44. The van der Waals surface area contributed by atoms with E-state index in [1.165, 1.54) is 4.90 Å². The average Bonchev–Trinajstić information content (AvgIpc) is 3.09. The molecule has 1 heterocycles. The van der Waals surface area contributed by atoms with Crippen molar-refractivity contribution in [2.24, 2.45) is 4.99 Å². The molecule has 0 unspecified atom stereocenters. The summed E-state index contributed by atoms with van der Waals surface area (Å²) >= 11 is 6.05. The molecule has 0 bridgehead atoms. The van der Waals surface area contributed by atoms with Crippen LogP contribution in [0.3, 0.4) is 0 Å². The van der Waals surface area contributed by atoms with E-state index < -0.39 is 29.8 Å². The van der Waals surface area contributed by atoms with Gasteiger partial charge in [0.15, 0.2) is 5.78 Å². The number of urea groups is 1. The van der Waals surface area contributed by atoms with Crippen molar-refractivity contribution in [2.45, 2.75) is 19.3 Å². The van der Waals surface area contributed by atoms with Crippen molar-refractivity contribution < 1.29 is 27.6 Å². The van der Waals surface area contributed by atoms with Gasteiger partial charge in [-0.25, -0.2) is 9.79 Å². The third kappa shape index (κ3) is 6.44. The summed E-state index contributed by atoms with van der Waals surface area (Å²) in [4.78, 5) is 46.4. The average molecular weight is 605 g/mol. The van der Waals surface area contributed by atoms with Crippen molar-refractivity contribution in [3.05, 3.63) is 130 Å². The first-order valence-corrected chi connectivity index (χ1v) is 13.5. The number of halogens is 4. The number of nitrogens with one attached hydrogen (secondary N) is 2. The highest BCUT2D eigenvalue weighted by Gasteiger charge is 2.35. The summed E-state index contributed by atoms with van der Waals surface area (Å²) in [7, 11) is 0. The number of ketones is 1. The highest BCUT2D eigenvalue weighted by atomic mass is 35.5. The van der Waals surface area contributed by atoms with Gasteiger partial charge in [-0.15, -0.1) is 0 Å². The summed E-state index contributed by atoms with van der Waals surface area (Å²) in [6.07, 6.45) is -6.21. The molecule has 1 atom stereocenters. The Hall–Kier alpha value is -4.96. The van der Waals surface area contributed by atoms with E-state index in [-0.39, 0.29) is 23.0 Å². The van der Waals surface area contributed by atoms with Gasteiger partial charge in [-0.05, 0) is 36.8 Å². The first kappa shape index (κ1) is 29.5. The predicted molar refractivity (Wildman–Crippen MR) is 159 cm³/mol. The molecule has 0 spiro atoms. The lowest BCUT2D eigenvalue weighted by Crippen LogP contribution is -2.50. The Morgan fingerprint density at radius 1 is 0.930 bits per heavy atom. The van der Waals surface area contributed by atoms with E-state index in [9.17, 15) is 27.6 Å². The number of carbonyl (C=O) groups excluding carboxylic acids is 3. The second-order valence-corrected chi connectivity index (χ2v) is 10.1.